The van der Waals surface area contributed by atoms with Crippen molar-refractivity contribution in [3.63, 3.8) is 0 Å². The maximum absolute atomic E-state index is 13.9. The lowest BCUT2D eigenvalue weighted by molar-refractivity contribution is -0.139. The molecule has 1 N–H and O–H groups in total. The second-order valence-corrected chi connectivity index (χ2v) is 11.9. The number of anilines is 1. The van der Waals surface area contributed by atoms with E-state index in [0.717, 1.165) is 52.6 Å². The van der Waals surface area contributed by atoms with Crippen LogP contribution in [0.1, 0.15) is 44.6 Å². The summed E-state index contributed by atoms with van der Waals surface area (Å²) < 4.78 is 27.1. The zero-order chi connectivity index (χ0) is 27.1. The Kier molecular flexibility index (Phi) is 9.05. The molecule has 3 aromatic rings. The number of fused-ring (bicyclic) bond motifs is 1. The van der Waals surface area contributed by atoms with E-state index in [9.17, 15) is 18.0 Å². The van der Waals surface area contributed by atoms with Gasteiger partial charge in [-0.1, -0.05) is 86.5 Å². The highest BCUT2D eigenvalue weighted by Gasteiger charge is 2.33. The first-order chi connectivity index (χ1) is 18.3. The summed E-state index contributed by atoms with van der Waals surface area (Å²) in [5.41, 5.74) is 1.50. The Labute approximate surface area is 225 Å². The summed E-state index contributed by atoms with van der Waals surface area (Å²) in [5.74, 6) is -0.565. The highest BCUT2D eigenvalue weighted by molar-refractivity contribution is 7.92. The Morgan fingerprint density at radius 2 is 1.61 bits per heavy atom. The Bertz CT molecular complexity index is 1350. The number of amides is 2. The van der Waals surface area contributed by atoms with E-state index in [1.165, 1.54) is 0 Å². The molecule has 1 fully saturated rings. The lowest BCUT2D eigenvalue weighted by Gasteiger charge is -2.33. The van der Waals surface area contributed by atoms with Crippen molar-refractivity contribution in [2.75, 3.05) is 23.7 Å². The SMILES string of the molecule is CCC(C(=O)NC1CCCC1)N(CCc1ccccc1)C(=O)CN(c1cccc2ccccc12)S(C)(=O)=O. The van der Waals surface area contributed by atoms with Crippen molar-refractivity contribution in [3.05, 3.63) is 78.4 Å². The second kappa shape index (κ2) is 12.4. The van der Waals surface area contributed by atoms with Crippen LogP contribution in [0.4, 0.5) is 5.69 Å². The van der Waals surface area contributed by atoms with Crippen LogP contribution in [-0.2, 0) is 26.0 Å². The van der Waals surface area contributed by atoms with Gasteiger partial charge in [0, 0.05) is 18.0 Å². The molecule has 0 spiro atoms. The van der Waals surface area contributed by atoms with E-state index in [1.54, 1.807) is 17.0 Å². The molecule has 202 valence electrons. The maximum atomic E-state index is 13.9. The van der Waals surface area contributed by atoms with Gasteiger partial charge in [0.25, 0.3) is 0 Å². The van der Waals surface area contributed by atoms with E-state index < -0.39 is 22.0 Å². The van der Waals surface area contributed by atoms with E-state index in [-0.39, 0.29) is 18.5 Å². The fraction of sp³-hybridized carbons (Fsp3) is 0.400. The number of nitrogens with one attached hydrogen (secondary N) is 1. The Morgan fingerprint density at radius 1 is 0.947 bits per heavy atom. The molecule has 1 atom stereocenters. The molecule has 1 aliphatic carbocycles. The van der Waals surface area contributed by atoms with Crippen LogP contribution >= 0.6 is 0 Å². The third-order valence-electron chi connectivity index (χ3n) is 7.29. The number of nitrogens with zero attached hydrogens (tertiary/aromatic N) is 2. The van der Waals surface area contributed by atoms with E-state index in [2.05, 4.69) is 5.32 Å². The van der Waals surface area contributed by atoms with E-state index >= 15 is 0 Å². The molecule has 38 heavy (non-hydrogen) atoms. The maximum Gasteiger partial charge on any atom is 0.244 e. The van der Waals surface area contributed by atoms with Crippen LogP contribution in [-0.4, -0.2) is 56.6 Å². The van der Waals surface area contributed by atoms with Crippen LogP contribution < -0.4 is 9.62 Å². The summed E-state index contributed by atoms with van der Waals surface area (Å²) in [6.45, 7) is 1.82. The Balaban J connectivity index is 1.64. The fourth-order valence-electron chi connectivity index (χ4n) is 5.28. The standard InChI is InChI=1S/C30H37N3O4S/c1-3-27(30(35)31-25-16-8-9-17-25)32(21-20-23-12-5-4-6-13-23)29(34)22-33(38(2,36)37)28-19-11-15-24-14-7-10-18-26(24)28/h4-7,10-15,18-19,25,27H,3,8-9,16-17,20-22H2,1-2H3,(H,31,35). The van der Waals surface area contributed by atoms with Gasteiger partial charge < -0.3 is 10.2 Å². The lowest BCUT2D eigenvalue weighted by atomic mass is 10.1. The summed E-state index contributed by atoms with van der Waals surface area (Å²) in [7, 11) is -3.79. The third-order valence-corrected chi connectivity index (χ3v) is 8.41. The molecule has 0 bridgehead atoms. The van der Waals surface area contributed by atoms with Gasteiger partial charge in [0.1, 0.15) is 12.6 Å². The van der Waals surface area contributed by atoms with Gasteiger partial charge in [-0.3, -0.25) is 13.9 Å². The number of rotatable bonds is 11. The monoisotopic (exact) mass is 535 g/mol. The number of hydrogen-bond acceptors (Lipinski definition) is 4. The van der Waals surface area contributed by atoms with Crippen LogP contribution in [0.25, 0.3) is 10.8 Å². The number of carbonyl (C=O) groups is 2. The van der Waals surface area contributed by atoms with Crippen molar-refractivity contribution < 1.29 is 18.0 Å². The van der Waals surface area contributed by atoms with Gasteiger partial charge >= 0.3 is 0 Å². The summed E-state index contributed by atoms with van der Waals surface area (Å²) in [6.07, 6.45) is 6.19. The molecule has 1 aliphatic rings. The molecule has 3 aromatic carbocycles. The highest BCUT2D eigenvalue weighted by Crippen LogP contribution is 2.29. The Morgan fingerprint density at radius 3 is 2.29 bits per heavy atom. The molecule has 2 amide bonds. The van der Waals surface area contributed by atoms with Crippen molar-refractivity contribution in [3.8, 4) is 0 Å². The quantitative estimate of drug-likeness (QED) is 0.391. The van der Waals surface area contributed by atoms with Crippen LogP contribution in [0, 0.1) is 0 Å². The average molecular weight is 536 g/mol. The molecule has 4 rings (SSSR count). The molecule has 0 radical (unpaired) electrons. The molecule has 0 aliphatic heterocycles. The molecule has 0 aromatic heterocycles. The van der Waals surface area contributed by atoms with Gasteiger partial charge in [0.05, 0.1) is 11.9 Å². The van der Waals surface area contributed by atoms with Crippen LogP contribution in [0.15, 0.2) is 72.8 Å². The molecule has 7 nitrogen and oxygen atoms in total. The zero-order valence-electron chi connectivity index (χ0n) is 22.2. The molecule has 0 heterocycles. The summed E-state index contributed by atoms with van der Waals surface area (Å²) in [6, 6.07) is 22.2. The van der Waals surface area contributed by atoms with Gasteiger partial charge in [0.2, 0.25) is 21.8 Å². The molecular formula is C30H37N3O4S. The van der Waals surface area contributed by atoms with Gasteiger partial charge in [-0.2, -0.15) is 0 Å². The van der Waals surface area contributed by atoms with E-state index in [1.807, 2.05) is 67.6 Å². The van der Waals surface area contributed by atoms with Crippen LogP contribution in [0.2, 0.25) is 0 Å². The van der Waals surface area contributed by atoms with Gasteiger partial charge in [-0.25, -0.2) is 8.42 Å². The zero-order valence-corrected chi connectivity index (χ0v) is 23.0. The number of sulfonamides is 1. The number of benzene rings is 3. The normalized spacial score (nSPS) is 14.8. The number of hydrogen-bond donors (Lipinski definition) is 1. The highest BCUT2D eigenvalue weighted by atomic mass is 32.2. The van der Waals surface area contributed by atoms with E-state index in [0.29, 0.717) is 25.1 Å². The first-order valence-corrected chi connectivity index (χ1v) is 15.2. The van der Waals surface area contributed by atoms with Crippen molar-refractivity contribution in [2.45, 2.75) is 57.5 Å². The molecule has 1 saturated carbocycles. The van der Waals surface area contributed by atoms with Crippen molar-refractivity contribution in [1.82, 2.24) is 10.2 Å². The summed E-state index contributed by atoms with van der Waals surface area (Å²) >= 11 is 0. The molecular weight excluding hydrogens is 498 g/mol. The van der Waals surface area contributed by atoms with Crippen molar-refractivity contribution >= 4 is 38.3 Å². The van der Waals surface area contributed by atoms with Gasteiger partial charge in [-0.05, 0) is 42.7 Å². The first kappa shape index (κ1) is 27.6. The van der Waals surface area contributed by atoms with E-state index in [4.69, 9.17) is 0 Å². The third kappa shape index (κ3) is 6.72. The minimum Gasteiger partial charge on any atom is -0.352 e. The minimum atomic E-state index is -3.79. The topological polar surface area (TPSA) is 86.8 Å². The molecule has 8 heteroatoms. The van der Waals surface area contributed by atoms with Gasteiger partial charge in [0.15, 0.2) is 0 Å². The Hall–Kier alpha value is -3.39. The second-order valence-electron chi connectivity index (χ2n) is 10.0. The molecule has 0 saturated heterocycles. The average Bonchev–Trinajstić information content (AvgIpc) is 3.42. The van der Waals surface area contributed by atoms with Gasteiger partial charge in [-0.15, -0.1) is 0 Å². The summed E-state index contributed by atoms with van der Waals surface area (Å²) in [4.78, 5) is 28.9. The molecule has 1 unspecified atom stereocenters. The fourth-order valence-corrected chi connectivity index (χ4v) is 6.15. The largest absolute Gasteiger partial charge is 0.352 e. The number of carbonyl (C=O) groups excluding carboxylic acids is 2. The van der Waals surface area contributed by atoms with Crippen molar-refractivity contribution in [1.29, 1.82) is 0 Å². The summed E-state index contributed by atoms with van der Waals surface area (Å²) in [5, 5.41) is 4.77. The predicted octanol–water partition coefficient (Wildman–Crippen LogP) is 4.51. The van der Waals surface area contributed by atoms with Crippen molar-refractivity contribution in [2.24, 2.45) is 0 Å². The first-order valence-electron chi connectivity index (χ1n) is 13.4. The van der Waals surface area contributed by atoms with Crippen LogP contribution in [0.3, 0.4) is 0 Å². The smallest absolute Gasteiger partial charge is 0.244 e. The predicted molar refractivity (Wildman–Crippen MR) is 152 cm³/mol. The minimum absolute atomic E-state index is 0.130. The lowest BCUT2D eigenvalue weighted by Crippen LogP contribution is -2.54. The van der Waals surface area contributed by atoms with Crippen LogP contribution in [0.5, 0.6) is 0 Å².